The van der Waals surface area contributed by atoms with Crippen LogP contribution in [0, 0.1) is 0 Å². The van der Waals surface area contributed by atoms with Gasteiger partial charge in [-0.15, -0.1) is 0 Å². The van der Waals surface area contributed by atoms with Gasteiger partial charge in [-0.3, -0.25) is 9.36 Å². The van der Waals surface area contributed by atoms with Gasteiger partial charge in [0.2, 0.25) is 0 Å². The van der Waals surface area contributed by atoms with Gasteiger partial charge < -0.3 is 4.57 Å². The minimum absolute atomic E-state index is 0.107. The van der Waals surface area contributed by atoms with Crippen LogP contribution in [0.15, 0.2) is 46.2 Å². The van der Waals surface area contributed by atoms with E-state index in [1.165, 1.54) is 35.2 Å². The molecule has 0 atom stereocenters. The number of aromatic nitrogens is 4. The average Bonchev–Trinajstić information content (AvgIpc) is 2.60. The van der Waals surface area contributed by atoms with Gasteiger partial charge in [0.15, 0.2) is 5.82 Å². The lowest BCUT2D eigenvalue weighted by Crippen LogP contribution is -2.48. The molecule has 2 aliphatic rings. The van der Waals surface area contributed by atoms with E-state index in [-0.39, 0.29) is 27.7 Å². The Bertz CT molecular complexity index is 1090. The number of nitrogens with zero attached hydrogens (tertiary/aromatic N) is 4. The van der Waals surface area contributed by atoms with Crippen molar-refractivity contribution < 1.29 is 22.0 Å². The number of alkyl halides is 5. The Morgan fingerprint density at radius 2 is 1.79 bits per heavy atom. The van der Waals surface area contributed by atoms with Gasteiger partial charge in [-0.05, 0) is 23.8 Å². The van der Waals surface area contributed by atoms with Gasteiger partial charge in [-0.2, -0.15) is 26.9 Å². The monoisotopic (exact) mass is 420 g/mol. The largest absolute Gasteiger partial charge is 0.455 e. The molecule has 12 heteroatoms. The number of rotatable bonds is 4. The van der Waals surface area contributed by atoms with Crippen molar-refractivity contribution in [2.75, 3.05) is 0 Å². The maximum atomic E-state index is 13.3. The zero-order valence-electron chi connectivity index (χ0n) is 13.8. The van der Waals surface area contributed by atoms with Crippen LogP contribution in [0.4, 0.5) is 22.0 Å². The molecule has 1 aromatic rings. The van der Waals surface area contributed by atoms with Crippen molar-refractivity contribution in [2.45, 2.75) is 25.2 Å². The van der Waals surface area contributed by atoms with Gasteiger partial charge in [0.1, 0.15) is 11.7 Å². The fourth-order valence-electron chi connectivity index (χ4n) is 2.47. The van der Waals surface area contributed by atoms with E-state index in [0.717, 1.165) is 0 Å². The topological polar surface area (TPSA) is 69.8 Å². The highest BCUT2D eigenvalue weighted by molar-refractivity contribution is 6.29. The van der Waals surface area contributed by atoms with E-state index >= 15 is 0 Å². The Hall–Kier alpha value is -2.82. The van der Waals surface area contributed by atoms with Crippen LogP contribution in [0.3, 0.4) is 0 Å². The summed E-state index contributed by atoms with van der Waals surface area (Å²) in [6, 6.07) is 5.71. The molecule has 0 saturated heterocycles. The maximum absolute atomic E-state index is 13.3. The first-order valence-electron chi connectivity index (χ1n) is 7.64. The lowest BCUT2D eigenvalue weighted by atomic mass is 10.2. The number of hydrogen-bond acceptors (Lipinski definition) is 4. The van der Waals surface area contributed by atoms with Crippen molar-refractivity contribution in [1.82, 2.24) is 19.1 Å². The second-order valence-electron chi connectivity index (χ2n) is 5.85. The zero-order chi connectivity index (χ0) is 20.7. The summed E-state index contributed by atoms with van der Waals surface area (Å²) in [6.07, 6.45) is -3.00. The molecule has 0 radical (unpaired) electrons. The summed E-state index contributed by atoms with van der Waals surface area (Å²) in [5.41, 5.74) is -2.44. The molecule has 1 aromatic heterocycles. The molecule has 0 N–H and O–H groups in total. The lowest BCUT2D eigenvalue weighted by Gasteiger charge is -2.21. The Kier molecular flexibility index (Phi) is 4.96. The molecule has 0 bridgehead atoms. The Balaban J connectivity index is 2.07. The quantitative estimate of drug-likeness (QED) is 0.481. The Morgan fingerprint density at radius 3 is 2.39 bits per heavy atom. The van der Waals surface area contributed by atoms with E-state index in [0.29, 0.717) is 5.56 Å². The first-order valence-corrected chi connectivity index (χ1v) is 8.02. The third kappa shape index (κ3) is 3.75. The van der Waals surface area contributed by atoms with Crippen LogP contribution in [0.25, 0.3) is 11.4 Å². The van der Waals surface area contributed by atoms with Gasteiger partial charge in [0.05, 0.1) is 12.1 Å². The maximum Gasteiger partial charge on any atom is 0.455 e. The van der Waals surface area contributed by atoms with Crippen molar-refractivity contribution in [2.24, 2.45) is 0 Å². The highest BCUT2D eigenvalue weighted by Gasteiger charge is 2.58. The number of halogens is 6. The van der Waals surface area contributed by atoms with Crippen molar-refractivity contribution in [3.63, 3.8) is 0 Å². The molecule has 0 aliphatic carbocycles. The van der Waals surface area contributed by atoms with Gasteiger partial charge in [-0.1, -0.05) is 17.7 Å². The van der Waals surface area contributed by atoms with Crippen LogP contribution in [0.1, 0.15) is 5.56 Å². The molecular weight excluding hydrogens is 411 g/mol. The number of fused-ring (bicyclic) bond motifs is 1. The number of pyridine rings is 2. The average molecular weight is 421 g/mol. The highest BCUT2D eigenvalue weighted by Crippen LogP contribution is 2.36. The normalized spacial score (nSPS) is 12.5. The van der Waals surface area contributed by atoms with E-state index in [1.54, 1.807) is 6.07 Å². The van der Waals surface area contributed by atoms with Gasteiger partial charge >= 0.3 is 17.8 Å². The van der Waals surface area contributed by atoms with Crippen LogP contribution in [0.2, 0.25) is 5.15 Å². The van der Waals surface area contributed by atoms with E-state index in [4.69, 9.17) is 11.6 Å². The minimum atomic E-state index is -5.91. The number of hydrogen-bond donors (Lipinski definition) is 0. The predicted octanol–water partition coefficient (Wildman–Crippen LogP) is 2.80. The highest BCUT2D eigenvalue weighted by atomic mass is 35.5. The van der Waals surface area contributed by atoms with Crippen LogP contribution in [0.5, 0.6) is 0 Å². The molecule has 0 amide bonds. The van der Waals surface area contributed by atoms with Crippen LogP contribution in [-0.2, 0) is 13.1 Å². The van der Waals surface area contributed by atoms with E-state index in [9.17, 15) is 31.5 Å². The molecule has 2 aliphatic heterocycles. The minimum Gasteiger partial charge on any atom is -0.328 e. The molecule has 0 aromatic carbocycles. The molecule has 6 nitrogen and oxygen atoms in total. The van der Waals surface area contributed by atoms with Crippen LogP contribution in [-0.4, -0.2) is 31.2 Å². The predicted molar refractivity (Wildman–Crippen MR) is 88.7 cm³/mol. The van der Waals surface area contributed by atoms with Gasteiger partial charge in [0.25, 0.3) is 5.56 Å². The first kappa shape index (κ1) is 19.9. The van der Waals surface area contributed by atoms with Crippen molar-refractivity contribution in [3.05, 3.63) is 68.2 Å². The molecule has 0 fully saturated rings. The molecule has 0 saturated carbocycles. The summed E-state index contributed by atoms with van der Waals surface area (Å²) >= 11 is 5.70. The molecular formula is C16H10ClF5N4O2. The molecule has 148 valence electrons. The summed E-state index contributed by atoms with van der Waals surface area (Å²) < 4.78 is 65.0. The zero-order valence-corrected chi connectivity index (χ0v) is 14.5. The van der Waals surface area contributed by atoms with E-state index in [2.05, 4.69) is 9.97 Å². The van der Waals surface area contributed by atoms with Gasteiger partial charge in [-0.25, -0.2) is 9.78 Å². The van der Waals surface area contributed by atoms with E-state index < -0.39 is 29.9 Å². The third-order valence-corrected chi connectivity index (χ3v) is 4.09. The SMILES string of the molecule is O=c1nc2n(Cc3ccc(Cl)nc3)cccc-2c(=O)n1CC(F)(F)C(F)(F)F. The molecule has 3 heterocycles. The molecule has 0 spiro atoms. The first-order chi connectivity index (χ1) is 13.0. The van der Waals surface area contributed by atoms with Crippen LogP contribution < -0.4 is 11.2 Å². The summed E-state index contributed by atoms with van der Waals surface area (Å²) in [4.78, 5) is 31.8. The van der Waals surface area contributed by atoms with E-state index in [1.807, 2.05) is 0 Å². The van der Waals surface area contributed by atoms with Crippen LogP contribution >= 0.6 is 11.6 Å². The Morgan fingerprint density at radius 1 is 1.07 bits per heavy atom. The van der Waals surface area contributed by atoms with Gasteiger partial charge in [0, 0.05) is 12.4 Å². The summed E-state index contributed by atoms with van der Waals surface area (Å²) in [6.45, 7) is -2.04. The Labute approximate surface area is 158 Å². The van der Waals surface area contributed by atoms with Crippen molar-refractivity contribution in [3.8, 4) is 11.4 Å². The third-order valence-electron chi connectivity index (χ3n) is 3.86. The molecule has 28 heavy (non-hydrogen) atoms. The smallest absolute Gasteiger partial charge is 0.328 e. The second kappa shape index (κ2) is 6.97. The lowest BCUT2D eigenvalue weighted by molar-refractivity contribution is -0.287. The molecule has 0 unspecified atom stereocenters. The fraction of sp³-hybridized carbons (Fsp3) is 0.250. The second-order valence-corrected chi connectivity index (χ2v) is 6.24. The fourth-order valence-corrected chi connectivity index (χ4v) is 2.58. The summed E-state index contributed by atoms with van der Waals surface area (Å²) in [5, 5.41) is 0.250. The summed E-state index contributed by atoms with van der Waals surface area (Å²) in [7, 11) is 0. The van der Waals surface area contributed by atoms with Crippen molar-refractivity contribution in [1.29, 1.82) is 0 Å². The standard InChI is InChI=1S/C16H10ClF5N4O2/c17-11-4-3-9(6-23-11)7-25-5-1-2-10-12(25)24-14(28)26(13(10)27)8-15(18,19)16(20,21)22/h1-6H,7-8H2. The molecule has 3 rings (SSSR count). The summed E-state index contributed by atoms with van der Waals surface area (Å²) in [5.74, 6) is -5.41. The van der Waals surface area contributed by atoms with Crippen molar-refractivity contribution >= 4 is 11.6 Å².